The van der Waals surface area contributed by atoms with Gasteiger partial charge in [-0.1, -0.05) is 6.58 Å². The average molecular weight is 435 g/mol. The van der Waals surface area contributed by atoms with Crippen LogP contribution in [0.5, 0.6) is 0 Å². The zero-order valence-electron chi connectivity index (χ0n) is 18.9. The van der Waals surface area contributed by atoms with Crippen LogP contribution in [0.2, 0.25) is 0 Å². The third-order valence-corrected chi connectivity index (χ3v) is 5.61. The third kappa shape index (κ3) is 6.15. The van der Waals surface area contributed by atoms with Crippen molar-refractivity contribution in [3.63, 3.8) is 0 Å². The van der Waals surface area contributed by atoms with Crippen molar-refractivity contribution in [3.05, 3.63) is 35.9 Å². The summed E-state index contributed by atoms with van der Waals surface area (Å²) in [6.45, 7) is 15.9. The van der Waals surface area contributed by atoms with E-state index in [0.717, 1.165) is 29.4 Å². The van der Waals surface area contributed by atoms with Gasteiger partial charge >= 0.3 is 0 Å². The summed E-state index contributed by atoms with van der Waals surface area (Å²) in [4.78, 5) is 12.0. The van der Waals surface area contributed by atoms with Gasteiger partial charge in [-0.2, -0.15) is 16.9 Å². The van der Waals surface area contributed by atoms with Crippen LogP contribution in [0.3, 0.4) is 0 Å². The monoisotopic (exact) mass is 434 g/mol. The molecule has 30 heavy (non-hydrogen) atoms. The van der Waals surface area contributed by atoms with Crippen molar-refractivity contribution in [2.24, 2.45) is 0 Å². The van der Waals surface area contributed by atoms with Gasteiger partial charge in [-0.25, -0.2) is 4.68 Å². The average Bonchev–Trinajstić information content (AvgIpc) is 3.30. The van der Waals surface area contributed by atoms with Crippen molar-refractivity contribution >= 4 is 17.7 Å². The molecule has 0 aromatic carbocycles. The SMILES string of the molecule is C=CC(=O)NC(C)(C)CC(C)(NCc1cn(CC)nc1C)c1nnnn1CCSC. The van der Waals surface area contributed by atoms with Crippen molar-refractivity contribution in [1.29, 1.82) is 0 Å². The molecule has 0 fully saturated rings. The first kappa shape index (κ1) is 24.1. The highest BCUT2D eigenvalue weighted by atomic mass is 32.2. The Morgan fingerprint density at radius 1 is 1.37 bits per heavy atom. The van der Waals surface area contributed by atoms with Gasteiger partial charge in [0.05, 0.1) is 17.8 Å². The van der Waals surface area contributed by atoms with Gasteiger partial charge in [-0.15, -0.1) is 5.10 Å². The number of rotatable bonds is 12. The molecule has 2 heterocycles. The molecule has 166 valence electrons. The highest BCUT2D eigenvalue weighted by molar-refractivity contribution is 7.98. The molecular weight excluding hydrogens is 400 g/mol. The molecule has 1 unspecified atom stereocenters. The minimum atomic E-state index is -0.583. The van der Waals surface area contributed by atoms with E-state index >= 15 is 0 Å². The molecule has 2 aromatic heterocycles. The Kier molecular flexibility index (Phi) is 8.19. The summed E-state index contributed by atoms with van der Waals surface area (Å²) in [6.07, 6.45) is 5.99. The van der Waals surface area contributed by atoms with Crippen molar-refractivity contribution in [3.8, 4) is 0 Å². The van der Waals surface area contributed by atoms with E-state index in [1.54, 1.807) is 11.8 Å². The lowest BCUT2D eigenvalue weighted by atomic mass is 9.84. The van der Waals surface area contributed by atoms with Gasteiger partial charge < -0.3 is 10.6 Å². The van der Waals surface area contributed by atoms with Crippen LogP contribution in [-0.4, -0.2) is 53.4 Å². The van der Waals surface area contributed by atoms with E-state index < -0.39 is 11.1 Å². The number of thioether (sulfide) groups is 1. The van der Waals surface area contributed by atoms with Gasteiger partial charge in [0.15, 0.2) is 5.82 Å². The van der Waals surface area contributed by atoms with Crippen LogP contribution in [0, 0.1) is 6.92 Å². The molecule has 10 heteroatoms. The highest BCUT2D eigenvalue weighted by Gasteiger charge is 2.38. The fourth-order valence-corrected chi connectivity index (χ4v) is 4.00. The molecule has 2 rings (SSSR count). The van der Waals surface area contributed by atoms with E-state index in [-0.39, 0.29) is 5.91 Å². The summed E-state index contributed by atoms with van der Waals surface area (Å²) in [5, 5.41) is 23.7. The first-order valence-corrected chi connectivity index (χ1v) is 11.5. The lowest BCUT2D eigenvalue weighted by Crippen LogP contribution is -2.52. The summed E-state index contributed by atoms with van der Waals surface area (Å²) in [7, 11) is 0. The summed E-state index contributed by atoms with van der Waals surface area (Å²) in [5.41, 5.74) is 1.03. The van der Waals surface area contributed by atoms with Crippen LogP contribution >= 0.6 is 11.8 Å². The molecule has 2 N–H and O–H groups in total. The number of carbonyl (C=O) groups is 1. The van der Waals surface area contributed by atoms with E-state index in [0.29, 0.717) is 19.5 Å². The minimum absolute atomic E-state index is 0.204. The maximum Gasteiger partial charge on any atom is 0.243 e. The molecule has 0 aliphatic rings. The summed E-state index contributed by atoms with van der Waals surface area (Å²) in [5.74, 6) is 1.45. The Balaban J connectivity index is 2.33. The topological polar surface area (TPSA) is 103 Å². The summed E-state index contributed by atoms with van der Waals surface area (Å²) < 4.78 is 3.78. The number of aromatic nitrogens is 6. The number of carbonyl (C=O) groups excluding carboxylic acids is 1. The predicted octanol–water partition coefficient (Wildman–Crippen LogP) is 2.04. The Hall–Kier alpha value is -2.20. The molecule has 2 aromatic rings. The molecule has 0 aliphatic carbocycles. The standard InChI is InChI=1S/C20H34N8OS/c1-8-17(29)22-19(4,5)14-20(6,18-23-25-26-28(18)10-11-30-7)21-12-16-13-27(9-2)24-15(16)3/h8,13,21H,1,9-12,14H2,2-7H3,(H,22,29). The van der Waals surface area contributed by atoms with Crippen LogP contribution < -0.4 is 10.6 Å². The number of hydrogen-bond acceptors (Lipinski definition) is 7. The molecule has 0 radical (unpaired) electrons. The van der Waals surface area contributed by atoms with Crippen molar-refractivity contribution in [2.75, 3.05) is 12.0 Å². The number of nitrogens with zero attached hydrogens (tertiary/aromatic N) is 6. The first-order chi connectivity index (χ1) is 14.1. The normalized spacial score (nSPS) is 13.8. The first-order valence-electron chi connectivity index (χ1n) is 10.1. The molecule has 9 nitrogen and oxygen atoms in total. The van der Waals surface area contributed by atoms with E-state index in [1.165, 1.54) is 6.08 Å². The number of hydrogen-bond donors (Lipinski definition) is 2. The second-order valence-electron chi connectivity index (χ2n) is 8.25. The van der Waals surface area contributed by atoms with Gasteiger partial charge in [-0.3, -0.25) is 9.48 Å². The summed E-state index contributed by atoms with van der Waals surface area (Å²) in [6, 6.07) is 0. The highest BCUT2D eigenvalue weighted by Crippen LogP contribution is 2.29. The predicted molar refractivity (Wildman–Crippen MR) is 120 cm³/mol. The zero-order chi connectivity index (χ0) is 22.4. The van der Waals surface area contributed by atoms with Gasteiger partial charge in [0.25, 0.3) is 0 Å². The minimum Gasteiger partial charge on any atom is -0.348 e. The maximum absolute atomic E-state index is 12.0. The van der Waals surface area contributed by atoms with E-state index in [1.807, 2.05) is 30.1 Å². The van der Waals surface area contributed by atoms with E-state index in [2.05, 4.69) is 64.1 Å². The van der Waals surface area contributed by atoms with E-state index in [4.69, 9.17) is 0 Å². The zero-order valence-corrected chi connectivity index (χ0v) is 19.7. The van der Waals surface area contributed by atoms with Crippen molar-refractivity contribution < 1.29 is 4.79 Å². The molecular formula is C20H34N8OS. The summed E-state index contributed by atoms with van der Waals surface area (Å²) >= 11 is 1.75. The molecule has 1 amide bonds. The van der Waals surface area contributed by atoms with Crippen LogP contribution in [-0.2, 0) is 30.0 Å². The second-order valence-corrected chi connectivity index (χ2v) is 9.24. The molecule has 0 saturated heterocycles. The second kappa shape index (κ2) is 10.2. The van der Waals surface area contributed by atoms with Crippen LogP contribution in [0.15, 0.2) is 18.9 Å². The number of tetrazole rings is 1. The van der Waals surface area contributed by atoms with Gasteiger partial charge in [0.1, 0.15) is 0 Å². The Bertz CT molecular complexity index is 859. The number of aryl methyl sites for hydroxylation is 3. The van der Waals surface area contributed by atoms with Crippen LogP contribution in [0.1, 0.15) is 51.2 Å². The van der Waals surface area contributed by atoms with Gasteiger partial charge in [-0.05, 0) is 63.8 Å². The lowest BCUT2D eigenvalue weighted by Gasteiger charge is -2.37. The molecule has 0 bridgehead atoms. The Morgan fingerprint density at radius 3 is 2.70 bits per heavy atom. The molecule has 0 saturated carbocycles. The fraction of sp³-hybridized carbons (Fsp3) is 0.650. The maximum atomic E-state index is 12.0. The van der Waals surface area contributed by atoms with Crippen molar-refractivity contribution in [1.82, 2.24) is 40.6 Å². The van der Waals surface area contributed by atoms with E-state index in [9.17, 15) is 4.79 Å². The quantitative estimate of drug-likeness (QED) is 0.493. The lowest BCUT2D eigenvalue weighted by molar-refractivity contribution is -0.118. The van der Waals surface area contributed by atoms with Gasteiger partial charge in [0.2, 0.25) is 5.91 Å². The molecule has 1 atom stereocenters. The number of amides is 1. The fourth-order valence-electron chi connectivity index (χ4n) is 3.65. The third-order valence-electron chi connectivity index (χ3n) is 5.02. The molecule has 0 aliphatic heterocycles. The molecule has 0 spiro atoms. The number of nitrogens with one attached hydrogen (secondary N) is 2. The Morgan fingerprint density at radius 2 is 2.10 bits per heavy atom. The van der Waals surface area contributed by atoms with Crippen molar-refractivity contribution in [2.45, 2.75) is 71.8 Å². The van der Waals surface area contributed by atoms with Crippen LogP contribution in [0.25, 0.3) is 0 Å². The largest absolute Gasteiger partial charge is 0.348 e. The van der Waals surface area contributed by atoms with Crippen LogP contribution in [0.4, 0.5) is 0 Å². The smallest absolute Gasteiger partial charge is 0.243 e. The Labute approximate surface area is 183 Å². The van der Waals surface area contributed by atoms with Gasteiger partial charge in [0, 0.05) is 36.1 Å².